The molecular formula is C35H32ClFN4O5. The number of aliphatic hydroxyl groups excluding tert-OH is 1. The summed E-state index contributed by atoms with van der Waals surface area (Å²) in [6.07, 6.45) is 6.25. The molecular weight excluding hydrogens is 611 g/mol. The molecule has 1 aliphatic carbocycles. The van der Waals surface area contributed by atoms with Crippen LogP contribution in [0.3, 0.4) is 0 Å². The van der Waals surface area contributed by atoms with E-state index in [1.54, 1.807) is 47.5 Å². The zero-order valence-corrected chi connectivity index (χ0v) is 25.7. The van der Waals surface area contributed by atoms with Gasteiger partial charge in [0.1, 0.15) is 36.1 Å². The van der Waals surface area contributed by atoms with Crippen molar-refractivity contribution in [2.75, 3.05) is 6.61 Å². The summed E-state index contributed by atoms with van der Waals surface area (Å²) in [7, 11) is 1.85. The van der Waals surface area contributed by atoms with Gasteiger partial charge < -0.3 is 19.7 Å². The highest BCUT2D eigenvalue weighted by atomic mass is 35.5. The largest absolute Gasteiger partial charge is 0.488 e. The number of halogens is 2. The van der Waals surface area contributed by atoms with Gasteiger partial charge in [-0.3, -0.25) is 19.8 Å². The van der Waals surface area contributed by atoms with Gasteiger partial charge in [0.25, 0.3) is 0 Å². The minimum absolute atomic E-state index is 0.0679. The van der Waals surface area contributed by atoms with E-state index in [9.17, 15) is 19.4 Å². The Morgan fingerprint density at radius 1 is 1.11 bits per heavy atom. The Morgan fingerprint density at radius 3 is 2.70 bits per heavy atom. The monoisotopic (exact) mass is 642 g/mol. The van der Waals surface area contributed by atoms with Crippen LogP contribution in [-0.4, -0.2) is 43.6 Å². The van der Waals surface area contributed by atoms with Crippen LogP contribution < -0.4 is 14.8 Å². The lowest BCUT2D eigenvalue weighted by Gasteiger charge is -2.20. The molecule has 2 atom stereocenters. The highest BCUT2D eigenvalue weighted by Gasteiger charge is 2.28. The van der Waals surface area contributed by atoms with E-state index in [-0.39, 0.29) is 25.1 Å². The third-order valence-electron chi connectivity index (χ3n) is 8.09. The predicted octanol–water partition coefficient (Wildman–Crippen LogP) is 6.12. The molecule has 3 N–H and O–H groups in total. The Morgan fingerprint density at radius 2 is 1.93 bits per heavy atom. The number of hydrogen-bond donors (Lipinski definition) is 3. The van der Waals surface area contributed by atoms with E-state index in [1.165, 1.54) is 6.07 Å². The molecule has 0 bridgehead atoms. The van der Waals surface area contributed by atoms with Crippen LogP contribution >= 0.6 is 11.6 Å². The molecule has 0 radical (unpaired) electrons. The first kappa shape index (κ1) is 31.2. The summed E-state index contributed by atoms with van der Waals surface area (Å²) in [5, 5.41) is 26.3. The maximum absolute atomic E-state index is 14.7. The molecule has 0 aliphatic heterocycles. The fourth-order valence-corrected chi connectivity index (χ4v) is 5.98. The minimum atomic E-state index is -1.18. The van der Waals surface area contributed by atoms with E-state index >= 15 is 0 Å². The number of aryl methyl sites for hydroxylation is 1. The Kier molecular flexibility index (Phi) is 9.30. The van der Waals surface area contributed by atoms with Crippen LogP contribution in [0.15, 0.2) is 85.3 Å². The molecule has 0 fully saturated rings. The fraction of sp³-hybridized carbons (Fsp3) is 0.229. The average Bonchev–Trinajstić information content (AvgIpc) is 3.68. The van der Waals surface area contributed by atoms with Gasteiger partial charge in [-0.25, -0.2) is 4.39 Å². The topological polar surface area (TPSA) is 119 Å². The summed E-state index contributed by atoms with van der Waals surface area (Å²) in [5.74, 6) is -0.628. The number of carboxylic acids is 1. The second kappa shape index (κ2) is 13.7. The smallest absolute Gasteiger partial charge is 0.323 e. The number of fused-ring (bicyclic) bond motifs is 1. The number of rotatable bonds is 12. The molecule has 236 valence electrons. The zero-order valence-electron chi connectivity index (χ0n) is 25.0. The molecule has 46 heavy (non-hydrogen) atoms. The summed E-state index contributed by atoms with van der Waals surface area (Å²) in [5.41, 5.74) is 6.57. The highest BCUT2D eigenvalue weighted by molar-refractivity contribution is 6.32. The van der Waals surface area contributed by atoms with Gasteiger partial charge in [-0.05, 0) is 53.8 Å². The highest BCUT2D eigenvalue weighted by Crippen LogP contribution is 2.43. The van der Waals surface area contributed by atoms with E-state index in [0.29, 0.717) is 40.5 Å². The minimum Gasteiger partial charge on any atom is -0.488 e. The Bertz CT molecular complexity index is 1880. The molecule has 6 rings (SSSR count). The first-order chi connectivity index (χ1) is 22.3. The van der Waals surface area contributed by atoms with Gasteiger partial charge in [0.2, 0.25) is 0 Å². The van der Waals surface area contributed by atoms with E-state index in [2.05, 4.69) is 15.4 Å². The summed E-state index contributed by atoms with van der Waals surface area (Å²) < 4.78 is 29.2. The predicted molar refractivity (Wildman–Crippen MR) is 171 cm³/mol. The lowest BCUT2D eigenvalue weighted by molar-refractivity contribution is -0.140. The molecule has 0 saturated carbocycles. The van der Waals surface area contributed by atoms with Crippen LogP contribution in [0.4, 0.5) is 4.39 Å². The van der Waals surface area contributed by atoms with Crippen LogP contribution in [0, 0.1) is 5.82 Å². The fourth-order valence-electron chi connectivity index (χ4n) is 5.75. The van der Waals surface area contributed by atoms with Crippen molar-refractivity contribution in [3.8, 4) is 33.9 Å². The SMILES string of the molecule is Cn1nccc1-c1cncc(COc2cc(O[C@H]3CCc4c(-c5ccccc5F)cccc43)c(Cl)cc2CN[C@@H](CO)C(=O)O)c1. The second-order valence-corrected chi connectivity index (χ2v) is 11.5. The lowest BCUT2D eigenvalue weighted by Crippen LogP contribution is -2.39. The number of pyridine rings is 1. The van der Waals surface area contributed by atoms with Crippen molar-refractivity contribution in [3.05, 3.63) is 118 Å². The molecule has 3 aromatic carbocycles. The van der Waals surface area contributed by atoms with Crippen LogP contribution in [0.25, 0.3) is 22.4 Å². The number of nitrogens with one attached hydrogen (secondary N) is 1. The van der Waals surface area contributed by atoms with Gasteiger partial charge in [0, 0.05) is 60.5 Å². The quantitative estimate of drug-likeness (QED) is 0.149. The van der Waals surface area contributed by atoms with Gasteiger partial charge in [-0.2, -0.15) is 5.10 Å². The Hall–Kier alpha value is -4.77. The molecule has 0 spiro atoms. The maximum atomic E-state index is 14.7. The van der Waals surface area contributed by atoms with Gasteiger partial charge in [-0.1, -0.05) is 48.0 Å². The molecule has 9 nitrogen and oxygen atoms in total. The van der Waals surface area contributed by atoms with E-state index in [0.717, 1.165) is 33.5 Å². The van der Waals surface area contributed by atoms with Gasteiger partial charge in [0.05, 0.1) is 17.3 Å². The number of carboxylic acid groups (broad SMARTS) is 1. The first-order valence-electron chi connectivity index (χ1n) is 14.8. The number of ether oxygens (including phenoxy) is 2. The normalized spacial score (nSPS) is 14.6. The third kappa shape index (κ3) is 6.60. The van der Waals surface area contributed by atoms with Crippen molar-refractivity contribution < 1.29 is 28.9 Å². The maximum Gasteiger partial charge on any atom is 0.323 e. The van der Waals surface area contributed by atoms with E-state index in [1.807, 2.05) is 43.4 Å². The van der Waals surface area contributed by atoms with E-state index in [4.69, 9.17) is 21.1 Å². The molecule has 0 saturated heterocycles. The molecule has 2 heterocycles. The molecule has 0 amide bonds. The summed E-state index contributed by atoms with van der Waals surface area (Å²) in [6, 6.07) is 18.6. The van der Waals surface area contributed by atoms with Gasteiger partial charge in [-0.15, -0.1) is 0 Å². The van der Waals surface area contributed by atoms with Crippen LogP contribution in [-0.2, 0) is 31.4 Å². The number of aliphatic hydroxyl groups is 1. The molecule has 2 aromatic heterocycles. The number of hydrogen-bond acceptors (Lipinski definition) is 7. The van der Waals surface area contributed by atoms with Crippen LogP contribution in [0.2, 0.25) is 5.02 Å². The van der Waals surface area contributed by atoms with Crippen molar-refractivity contribution >= 4 is 17.6 Å². The lowest BCUT2D eigenvalue weighted by atomic mass is 9.96. The van der Waals surface area contributed by atoms with Gasteiger partial charge >= 0.3 is 5.97 Å². The number of aliphatic carboxylic acids is 1. The first-order valence-corrected chi connectivity index (χ1v) is 15.2. The van der Waals surface area contributed by atoms with Crippen LogP contribution in [0.5, 0.6) is 11.5 Å². The van der Waals surface area contributed by atoms with Crippen molar-refractivity contribution in [2.45, 2.75) is 38.1 Å². The zero-order chi connectivity index (χ0) is 32.2. The third-order valence-corrected chi connectivity index (χ3v) is 8.38. The second-order valence-electron chi connectivity index (χ2n) is 11.1. The van der Waals surface area contributed by atoms with Crippen molar-refractivity contribution in [1.29, 1.82) is 0 Å². The number of benzene rings is 3. The molecule has 5 aromatic rings. The number of aromatic nitrogens is 3. The van der Waals surface area contributed by atoms with Crippen molar-refractivity contribution in [1.82, 2.24) is 20.1 Å². The Labute approximate surface area is 270 Å². The summed E-state index contributed by atoms with van der Waals surface area (Å²) in [4.78, 5) is 15.9. The summed E-state index contributed by atoms with van der Waals surface area (Å²) in [6.45, 7) is -0.352. The standard InChI is InChI=1S/C35H32ClFN4O5/c1-41-31(11-12-40-41)22-13-21(16-38-17-22)20-45-33-15-34(28(36)14-23(33)18-39-30(19-42)35(43)44)46-32-10-9-25-24(6-4-7-27(25)32)26-5-2-3-8-29(26)37/h2-8,11-17,30,32,39,42H,9-10,18-20H2,1H3,(H,43,44)/t30-,32-/m0/s1. The molecule has 11 heteroatoms. The van der Waals surface area contributed by atoms with Crippen molar-refractivity contribution in [2.24, 2.45) is 7.05 Å². The number of carbonyl (C=O) groups is 1. The molecule has 0 unspecified atom stereocenters. The Balaban J connectivity index is 1.28. The molecule has 1 aliphatic rings. The van der Waals surface area contributed by atoms with E-state index < -0.39 is 18.6 Å². The summed E-state index contributed by atoms with van der Waals surface area (Å²) >= 11 is 6.73. The van der Waals surface area contributed by atoms with Crippen molar-refractivity contribution in [3.63, 3.8) is 0 Å². The van der Waals surface area contributed by atoms with Gasteiger partial charge in [0.15, 0.2) is 0 Å². The number of nitrogens with zero attached hydrogens (tertiary/aromatic N) is 3. The van der Waals surface area contributed by atoms with Crippen LogP contribution in [0.1, 0.15) is 34.8 Å². The average molecular weight is 643 g/mol.